The molecule has 0 atom stereocenters. The molecule has 1 nitrogen and oxygen atoms in total. The summed E-state index contributed by atoms with van der Waals surface area (Å²) < 4.78 is 63.9. The van der Waals surface area contributed by atoms with Gasteiger partial charge in [-0.3, -0.25) is 0 Å². The zero-order valence-corrected chi connectivity index (χ0v) is 20.1. The Balaban J connectivity index is 1.55. The quantitative estimate of drug-likeness (QED) is 0.164. The molecular weight excluding hydrogens is 476 g/mol. The molecule has 35 heavy (non-hydrogen) atoms. The first-order valence-electron chi connectivity index (χ1n) is 11.6. The Morgan fingerprint density at radius 1 is 0.771 bits per heavy atom. The molecule has 4 aromatic rings. The lowest BCUT2D eigenvalue weighted by Gasteiger charge is -2.12. The molecule has 0 aliphatic carbocycles. The van der Waals surface area contributed by atoms with Crippen LogP contribution in [0.5, 0.6) is 5.75 Å². The number of benzene rings is 4. The van der Waals surface area contributed by atoms with Crippen LogP contribution >= 0.6 is 11.6 Å². The summed E-state index contributed by atoms with van der Waals surface area (Å²) in [6, 6.07) is 14.9. The molecule has 0 unspecified atom stereocenters. The third kappa shape index (κ3) is 5.79. The van der Waals surface area contributed by atoms with E-state index in [1.54, 1.807) is 24.3 Å². The fourth-order valence-corrected chi connectivity index (χ4v) is 4.23. The van der Waals surface area contributed by atoms with Crippen LogP contribution in [-0.2, 0) is 12.8 Å². The normalized spacial score (nSPS) is 11.3. The fourth-order valence-electron chi connectivity index (χ4n) is 4.11. The highest BCUT2D eigenvalue weighted by molar-refractivity contribution is 6.30. The number of ether oxygens (including phenoxy) is 1. The Kier molecular flexibility index (Phi) is 7.97. The summed E-state index contributed by atoms with van der Waals surface area (Å²) in [4.78, 5) is 0. The molecule has 0 aliphatic rings. The van der Waals surface area contributed by atoms with E-state index in [0.29, 0.717) is 46.9 Å². The van der Waals surface area contributed by atoms with Gasteiger partial charge < -0.3 is 4.74 Å². The lowest BCUT2D eigenvalue weighted by molar-refractivity contribution is 0.303. The minimum atomic E-state index is -0.734. The zero-order valence-electron chi connectivity index (χ0n) is 19.3. The topological polar surface area (TPSA) is 9.23 Å². The molecule has 0 N–H and O–H groups in total. The number of unbranched alkanes of at least 4 members (excludes halogenated alkanes) is 2. The van der Waals surface area contributed by atoms with E-state index < -0.39 is 23.3 Å². The summed E-state index contributed by atoms with van der Waals surface area (Å²) in [6.07, 6.45) is 3.64. The molecule has 0 spiro atoms. The van der Waals surface area contributed by atoms with Crippen molar-refractivity contribution in [3.05, 3.63) is 100 Å². The van der Waals surface area contributed by atoms with Crippen LogP contribution in [0, 0.1) is 23.3 Å². The van der Waals surface area contributed by atoms with E-state index in [4.69, 9.17) is 16.3 Å². The van der Waals surface area contributed by atoms with Crippen LogP contribution in [0.25, 0.3) is 21.9 Å². The van der Waals surface area contributed by atoms with Crippen molar-refractivity contribution in [3.8, 4) is 16.9 Å². The van der Waals surface area contributed by atoms with E-state index in [2.05, 4.69) is 6.92 Å². The fraction of sp³-hybridized carbons (Fsp3) is 0.241. The molecule has 0 heterocycles. The largest absolute Gasteiger partial charge is 0.493 e. The summed E-state index contributed by atoms with van der Waals surface area (Å²) in [7, 11) is 0. The van der Waals surface area contributed by atoms with Crippen molar-refractivity contribution in [1.82, 2.24) is 0 Å². The van der Waals surface area contributed by atoms with E-state index in [1.807, 2.05) is 0 Å². The number of aryl methyl sites for hydroxylation is 2. The Hall–Kier alpha value is -3.05. The maximum Gasteiger partial charge on any atom is 0.142 e. The minimum absolute atomic E-state index is 0.0449. The smallest absolute Gasteiger partial charge is 0.142 e. The summed E-state index contributed by atoms with van der Waals surface area (Å²) in [5.41, 5.74) is 1.32. The maximum atomic E-state index is 15.2. The lowest BCUT2D eigenvalue weighted by atomic mass is 9.96. The van der Waals surface area contributed by atoms with Gasteiger partial charge in [0.05, 0.1) is 17.2 Å². The van der Waals surface area contributed by atoms with Crippen LogP contribution in [0.1, 0.15) is 37.3 Å². The standard InChI is InChI=1S/C29H25ClF4O/c1-2-3-4-13-35-22-16-26(32)28(27(33)17-22)21-10-11-23-20(15-21)9-8-19(29(23)34)7-5-18-6-12-24(30)25(31)14-18/h6,8-12,14-17H,2-5,7,13H2,1H3. The minimum Gasteiger partial charge on any atom is -0.493 e. The van der Waals surface area contributed by atoms with E-state index in [9.17, 15) is 13.2 Å². The SMILES string of the molecule is CCCCCOc1cc(F)c(-c2ccc3c(F)c(CCc4ccc(Cl)c(F)c4)ccc3c2)c(F)c1. The van der Waals surface area contributed by atoms with Gasteiger partial charge in [-0.25, -0.2) is 17.6 Å². The van der Waals surface area contributed by atoms with Gasteiger partial charge in [-0.1, -0.05) is 61.7 Å². The second-order valence-corrected chi connectivity index (χ2v) is 8.95. The van der Waals surface area contributed by atoms with Gasteiger partial charge in [-0.15, -0.1) is 0 Å². The molecule has 0 saturated heterocycles. The molecule has 4 rings (SSSR count). The molecule has 0 aliphatic heterocycles. The first-order valence-corrected chi connectivity index (χ1v) is 12.0. The monoisotopic (exact) mass is 500 g/mol. The summed E-state index contributed by atoms with van der Waals surface area (Å²) in [5, 5.41) is 0.925. The first-order chi connectivity index (χ1) is 16.9. The second kappa shape index (κ2) is 11.1. The van der Waals surface area contributed by atoms with Crippen molar-refractivity contribution in [2.24, 2.45) is 0 Å². The molecule has 6 heteroatoms. The highest BCUT2D eigenvalue weighted by Gasteiger charge is 2.16. The van der Waals surface area contributed by atoms with E-state index in [0.717, 1.165) is 19.3 Å². The highest BCUT2D eigenvalue weighted by atomic mass is 35.5. The van der Waals surface area contributed by atoms with Gasteiger partial charge in [0.15, 0.2) is 0 Å². The summed E-state index contributed by atoms with van der Waals surface area (Å²) in [5.74, 6) is -2.23. The third-order valence-electron chi connectivity index (χ3n) is 6.02. The van der Waals surface area contributed by atoms with E-state index in [1.165, 1.54) is 36.4 Å². The van der Waals surface area contributed by atoms with Crippen LogP contribution in [0.2, 0.25) is 5.02 Å². The number of halogens is 5. The van der Waals surface area contributed by atoms with Crippen LogP contribution in [-0.4, -0.2) is 6.61 Å². The Bertz CT molecular complexity index is 1330. The molecule has 0 saturated carbocycles. The molecule has 0 amide bonds. The Morgan fingerprint density at radius 2 is 1.54 bits per heavy atom. The molecule has 0 bridgehead atoms. The predicted molar refractivity (Wildman–Crippen MR) is 133 cm³/mol. The van der Waals surface area contributed by atoms with Gasteiger partial charge in [0.1, 0.15) is 29.0 Å². The van der Waals surface area contributed by atoms with Crippen molar-refractivity contribution in [1.29, 1.82) is 0 Å². The average Bonchev–Trinajstić information content (AvgIpc) is 2.83. The van der Waals surface area contributed by atoms with Crippen LogP contribution in [0.4, 0.5) is 17.6 Å². The van der Waals surface area contributed by atoms with Crippen molar-refractivity contribution in [3.63, 3.8) is 0 Å². The van der Waals surface area contributed by atoms with Gasteiger partial charge >= 0.3 is 0 Å². The number of hydrogen-bond donors (Lipinski definition) is 0. The van der Waals surface area contributed by atoms with Gasteiger partial charge in [0.2, 0.25) is 0 Å². The molecule has 182 valence electrons. The first kappa shape index (κ1) is 25.1. The van der Waals surface area contributed by atoms with Crippen molar-refractivity contribution >= 4 is 22.4 Å². The van der Waals surface area contributed by atoms with Gasteiger partial charge in [0, 0.05) is 17.5 Å². The predicted octanol–water partition coefficient (Wildman–Crippen LogP) is 9.07. The Morgan fingerprint density at radius 3 is 2.26 bits per heavy atom. The molecular formula is C29H25ClF4O. The van der Waals surface area contributed by atoms with Crippen molar-refractivity contribution in [2.45, 2.75) is 39.0 Å². The summed E-state index contributed by atoms with van der Waals surface area (Å²) >= 11 is 5.72. The average molecular weight is 501 g/mol. The molecule has 0 aromatic heterocycles. The van der Waals surface area contributed by atoms with Crippen LogP contribution in [0.15, 0.2) is 60.7 Å². The van der Waals surface area contributed by atoms with Gasteiger partial charge in [-0.2, -0.15) is 0 Å². The summed E-state index contributed by atoms with van der Waals surface area (Å²) in [6.45, 7) is 2.46. The Labute approximate surface area is 207 Å². The van der Waals surface area contributed by atoms with Crippen molar-refractivity contribution in [2.75, 3.05) is 6.61 Å². The van der Waals surface area contributed by atoms with E-state index in [-0.39, 0.29) is 16.3 Å². The number of hydrogen-bond acceptors (Lipinski definition) is 1. The zero-order chi connectivity index (χ0) is 24.9. The van der Waals surface area contributed by atoms with E-state index >= 15 is 4.39 Å². The van der Waals surface area contributed by atoms with Gasteiger partial charge in [0.25, 0.3) is 0 Å². The van der Waals surface area contributed by atoms with Crippen LogP contribution < -0.4 is 4.74 Å². The number of fused-ring (bicyclic) bond motifs is 1. The van der Waals surface area contributed by atoms with Crippen molar-refractivity contribution < 1.29 is 22.3 Å². The molecule has 0 fully saturated rings. The van der Waals surface area contributed by atoms with Crippen LogP contribution in [0.3, 0.4) is 0 Å². The second-order valence-electron chi connectivity index (χ2n) is 8.54. The molecule has 0 radical (unpaired) electrons. The lowest BCUT2D eigenvalue weighted by Crippen LogP contribution is -2.00. The maximum absolute atomic E-state index is 15.2. The molecule has 4 aromatic carbocycles. The third-order valence-corrected chi connectivity index (χ3v) is 6.33. The number of rotatable bonds is 9. The van der Waals surface area contributed by atoms with Gasteiger partial charge in [-0.05, 0) is 59.5 Å². The highest BCUT2D eigenvalue weighted by Crippen LogP contribution is 2.33.